The quantitative estimate of drug-likeness (QED) is 0.530. The van der Waals surface area contributed by atoms with Crippen molar-refractivity contribution in [1.82, 2.24) is 9.97 Å². The number of rotatable bonds is 0. The minimum absolute atomic E-state index is 0.270. The van der Waals surface area contributed by atoms with Crippen LogP contribution in [0.5, 0.6) is 0 Å². The van der Waals surface area contributed by atoms with Gasteiger partial charge in [-0.1, -0.05) is 35.9 Å². The van der Waals surface area contributed by atoms with Crippen LogP contribution in [0, 0.1) is 5.41 Å². The molecule has 1 heterocycles. The zero-order chi connectivity index (χ0) is 14.4. The molecule has 0 N–H and O–H groups in total. The van der Waals surface area contributed by atoms with E-state index in [1.165, 1.54) is 24.0 Å². The van der Waals surface area contributed by atoms with Gasteiger partial charge in [-0.15, -0.1) is 0 Å². The molecule has 0 aliphatic heterocycles. The van der Waals surface area contributed by atoms with E-state index < -0.39 is 0 Å². The molecule has 2 nitrogen and oxygen atoms in total. The molecule has 1 atom stereocenters. The fourth-order valence-electron chi connectivity index (χ4n) is 3.93. The van der Waals surface area contributed by atoms with Gasteiger partial charge in [0.25, 0.3) is 0 Å². The van der Waals surface area contributed by atoms with E-state index in [0.717, 1.165) is 36.9 Å². The molecular formula is C17H16Cl2N2. The van der Waals surface area contributed by atoms with Crippen molar-refractivity contribution in [1.29, 1.82) is 0 Å². The first-order chi connectivity index (χ1) is 10.2. The van der Waals surface area contributed by atoms with Crippen molar-refractivity contribution in [3.63, 3.8) is 0 Å². The molecule has 1 spiro atoms. The Balaban J connectivity index is 1.70. The summed E-state index contributed by atoms with van der Waals surface area (Å²) >= 11 is 12.2. The van der Waals surface area contributed by atoms with Crippen LogP contribution in [0.3, 0.4) is 0 Å². The Bertz CT molecular complexity index is 714. The predicted octanol–water partition coefficient (Wildman–Crippen LogP) is 4.45. The van der Waals surface area contributed by atoms with E-state index in [1.807, 2.05) is 0 Å². The number of nitrogens with zero attached hydrogens (tertiary/aromatic N) is 2. The van der Waals surface area contributed by atoms with E-state index in [-0.39, 0.29) is 5.28 Å². The molecule has 0 saturated carbocycles. The monoisotopic (exact) mass is 318 g/mol. The first kappa shape index (κ1) is 13.5. The highest BCUT2D eigenvalue weighted by atomic mass is 35.5. The number of hydrogen-bond donors (Lipinski definition) is 0. The van der Waals surface area contributed by atoms with Crippen molar-refractivity contribution in [3.05, 3.63) is 57.1 Å². The molecule has 4 rings (SSSR count). The van der Waals surface area contributed by atoms with Crippen LogP contribution in [0.2, 0.25) is 10.4 Å². The predicted molar refractivity (Wildman–Crippen MR) is 85.0 cm³/mol. The summed E-state index contributed by atoms with van der Waals surface area (Å²) in [7, 11) is 0. The third kappa shape index (κ3) is 2.35. The lowest BCUT2D eigenvalue weighted by Crippen LogP contribution is -2.35. The average Bonchev–Trinajstić information content (AvgIpc) is 2.46. The highest BCUT2D eigenvalue weighted by molar-refractivity contribution is 6.32. The molecular weight excluding hydrogens is 303 g/mol. The minimum Gasteiger partial charge on any atom is -0.223 e. The molecule has 1 unspecified atom stereocenters. The fourth-order valence-corrected chi connectivity index (χ4v) is 4.44. The SMILES string of the molecule is Clc1nc(Cl)c2c(n1)CC1(CCc3ccccc3C1)CC2. The van der Waals surface area contributed by atoms with E-state index in [2.05, 4.69) is 34.2 Å². The topological polar surface area (TPSA) is 25.8 Å². The van der Waals surface area contributed by atoms with Crippen LogP contribution in [0.15, 0.2) is 24.3 Å². The van der Waals surface area contributed by atoms with Gasteiger partial charge in [-0.2, -0.15) is 0 Å². The maximum absolute atomic E-state index is 6.22. The maximum Gasteiger partial charge on any atom is 0.224 e. The van der Waals surface area contributed by atoms with Crippen LogP contribution in [-0.2, 0) is 25.7 Å². The first-order valence-electron chi connectivity index (χ1n) is 7.43. The summed E-state index contributed by atoms with van der Waals surface area (Å²) in [6.45, 7) is 0. The van der Waals surface area contributed by atoms with Gasteiger partial charge in [-0.25, -0.2) is 9.97 Å². The summed E-state index contributed by atoms with van der Waals surface area (Å²) in [5.41, 5.74) is 5.49. The van der Waals surface area contributed by atoms with Crippen LogP contribution in [-0.4, -0.2) is 9.97 Å². The van der Waals surface area contributed by atoms with Crippen LogP contribution in [0.25, 0.3) is 0 Å². The molecule has 108 valence electrons. The summed E-state index contributed by atoms with van der Waals surface area (Å²) < 4.78 is 0. The van der Waals surface area contributed by atoms with Crippen molar-refractivity contribution in [2.24, 2.45) is 5.41 Å². The summed E-state index contributed by atoms with van der Waals surface area (Å²) in [4.78, 5) is 8.53. The normalized spacial score (nSPS) is 23.7. The Kier molecular flexibility index (Phi) is 3.20. The highest BCUT2D eigenvalue weighted by Gasteiger charge is 2.38. The van der Waals surface area contributed by atoms with E-state index in [0.29, 0.717) is 10.6 Å². The van der Waals surface area contributed by atoms with Gasteiger partial charge in [0.15, 0.2) is 0 Å². The van der Waals surface area contributed by atoms with Crippen molar-refractivity contribution in [2.45, 2.75) is 38.5 Å². The number of aryl methyl sites for hydroxylation is 1. The van der Waals surface area contributed by atoms with Gasteiger partial charge in [0.1, 0.15) is 5.15 Å². The van der Waals surface area contributed by atoms with Gasteiger partial charge in [0, 0.05) is 5.56 Å². The van der Waals surface area contributed by atoms with E-state index >= 15 is 0 Å². The molecule has 0 radical (unpaired) electrons. The zero-order valence-electron chi connectivity index (χ0n) is 11.7. The number of aromatic nitrogens is 2. The summed E-state index contributed by atoms with van der Waals surface area (Å²) in [5.74, 6) is 0. The van der Waals surface area contributed by atoms with Gasteiger partial charge in [0.05, 0.1) is 5.69 Å². The second-order valence-electron chi connectivity index (χ2n) is 6.33. The molecule has 0 amide bonds. The van der Waals surface area contributed by atoms with Crippen LogP contribution in [0.1, 0.15) is 35.2 Å². The lowest BCUT2D eigenvalue weighted by molar-refractivity contribution is 0.207. The molecule has 21 heavy (non-hydrogen) atoms. The van der Waals surface area contributed by atoms with Gasteiger partial charge in [0.2, 0.25) is 5.28 Å². The summed E-state index contributed by atoms with van der Waals surface area (Å²) in [6.07, 6.45) is 6.63. The molecule has 2 aliphatic rings. The summed E-state index contributed by atoms with van der Waals surface area (Å²) in [6, 6.07) is 8.81. The number of halogens is 2. The second-order valence-corrected chi connectivity index (χ2v) is 7.03. The zero-order valence-corrected chi connectivity index (χ0v) is 13.2. The summed E-state index contributed by atoms with van der Waals surface area (Å²) in [5, 5.41) is 0.808. The highest BCUT2D eigenvalue weighted by Crippen LogP contribution is 2.45. The van der Waals surface area contributed by atoms with Crippen molar-refractivity contribution < 1.29 is 0 Å². The molecule has 0 saturated heterocycles. The Labute approximate surface area is 134 Å². The third-order valence-corrected chi connectivity index (χ3v) is 5.55. The molecule has 4 heteroatoms. The van der Waals surface area contributed by atoms with E-state index in [4.69, 9.17) is 23.2 Å². The fraction of sp³-hybridized carbons (Fsp3) is 0.412. The van der Waals surface area contributed by atoms with Crippen LogP contribution in [0.4, 0.5) is 0 Å². The van der Waals surface area contributed by atoms with Crippen LogP contribution >= 0.6 is 23.2 Å². The van der Waals surface area contributed by atoms with E-state index in [9.17, 15) is 0 Å². The molecule has 0 fully saturated rings. The first-order valence-corrected chi connectivity index (χ1v) is 8.18. The van der Waals surface area contributed by atoms with E-state index in [1.54, 1.807) is 0 Å². The lowest BCUT2D eigenvalue weighted by Gasteiger charge is -2.41. The molecule has 0 bridgehead atoms. The Morgan fingerprint density at radius 2 is 1.67 bits per heavy atom. The van der Waals surface area contributed by atoms with Crippen LogP contribution < -0.4 is 0 Å². The van der Waals surface area contributed by atoms with Gasteiger partial charge in [-0.3, -0.25) is 0 Å². The number of fused-ring (bicyclic) bond motifs is 2. The minimum atomic E-state index is 0.270. The molecule has 1 aromatic carbocycles. The third-order valence-electron chi connectivity index (χ3n) is 5.07. The second kappa shape index (κ2) is 4.96. The standard InChI is InChI=1S/C17H16Cl2N2/c18-15-13-6-8-17(10-14(13)20-16(19)21-15)7-5-11-3-1-2-4-12(11)9-17/h1-4H,5-10H2. The Morgan fingerprint density at radius 3 is 2.52 bits per heavy atom. The molecule has 2 aliphatic carbocycles. The van der Waals surface area contributed by atoms with Crippen molar-refractivity contribution in [2.75, 3.05) is 0 Å². The lowest BCUT2D eigenvalue weighted by atomic mass is 9.64. The van der Waals surface area contributed by atoms with Gasteiger partial charge in [-0.05, 0) is 66.7 Å². The Morgan fingerprint density at radius 1 is 0.905 bits per heavy atom. The Hall–Kier alpha value is -1.12. The van der Waals surface area contributed by atoms with Crippen molar-refractivity contribution >= 4 is 23.2 Å². The number of benzene rings is 1. The largest absolute Gasteiger partial charge is 0.224 e. The van der Waals surface area contributed by atoms with Gasteiger partial charge < -0.3 is 0 Å². The average molecular weight is 319 g/mol. The smallest absolute Gasteiger partial charge is 0.223 e. The molecule has 2 aromatic rings. The van der Waals surface area contributed by atoms with Crippen molar-refractivity contribution in [3.8, 4) is 0 Å². The number of hydrogen-bond acceptors (Lipinski definition) is 2. The molecule has 1 aromatic heterocycles. The maximum atomic E-state index is 6.22. The van der Waals surface area contributed by atoms with Gasteiger partial charge >= 0.3 is 0 Å².